The van der Waals surface area contributed by atoms with Crippen LogP contribution in [0.15, 0.2) is 5.16 Å². The summed E-state index contributed by atoms with van der Waals surface area (Å²) in [6.45, 7) is 5.86. The summed E-state index contributed by atoms with van der Waals surface area (Å²) in [5, 5.41) is 26.5. The molecule has 1 aliphatic carbocycles. The normalized spacial score (nSPS) is 24.0. The Hall–Kier alpha value is -0.660. The molecule has 114 valence electrons. The molecular formula is C13H25N5OS. The highest BCUT2D eigenvalue weighted by Crippen LogP contribution is 2.31. The van der Waals surface area contributed by atoms with E-state index in [4.69, 9.17) is 0 Å². The average molecular weight is 299 g/mol. The van der Waals surface area contributed by atoms with Crippen LogP contribution in [0.3, 0.4) is 0 Å². The van der Waals surface area contributed by atoms with Crippen LogP contribution in [0.25, 0.3) is 0 Å². The zero-order chi connectivity index (χ0) is 14.4. The lowest BCUT2D eigenvalue weighted by Gasteiger charge is -2.18. The van der Waals surface area contributed by atoms with Gasteiger partial charge in [0, 0.05) is 17.8 Å². The predicted molar refractivity (Wildman–Crippen MR) is 79.7 cm³/mol. The third-order valence-electron chi connectivity index (χ3n) is 3.55. The molecule has 1 aromatic rings. The topological polar surface area (TPSA) is 75.9 Å². The molecule has 0 aliphatic heterocycles. The summed E-state index contributed by atoms with van der Waals surface area (Å²) in [5.74, 6) is 0. The van der Waals surface area contributed by atoms with Crippen LogP contribution in [0.4, 0.5) is 0 Å². The van der Waals surface area contributed by atoms with Crippen molar-refractivity contribution in [3.05, 3.63) is 0 Å². The molecule has 1 aromatic heterocycles. The fraction of sp³-hybridized carbons (Fsp3) is 0.923. The van der Waals surface area contributed by atoms with E-state index in [9.17, 15) is 5.11 Å². The van der Waals surface area contributed by atoms with Gasteiger partial charge in [0.05, 0.1) is 12.6 Å². The third-order valence-corrected chi connectivity index (χ3v) is 4.91. The Morgan fingerprint density at radius 1 is 1.35 bits per heavy atom. The maximum atomic E-state index is 10.2. The lowest BCUT2D eigenvalue weighted by Crippen LogP contribution is -2.27. The smallest absolute Gasteiger partial charge is 0.209 e. The molecule has 0 radical (unpaired) electrons. The van der Waals surface area contributed by atoms with E-state index in [0.717, 1.165) is 37.5 Å². The summed E-state index contributed by atoms with van der Waals surface area (Å²) < 4.78 is 1.83. The van der Waals surface area contributed by atoms with Gasteiger partial charge in [0.15, 0.2) is 0 Å². The molecular weight excluding hydrogens is 274 g/mol. The molecule has 0 bridgehead atoms. The largest absolute Gasteiger partial charge is 0.392 e. The first kappa shape index (κ1) is 15.7. The second-order valence-electron chi connectivity index (χ2n) is 5.66. The molecule has 0 amide bonds. The lowest BCUT2D eigenvalue weighted by atomic mass is 10.1. The van der Waals surface area contributed by atoms with Crippen LogP contribution in [0.1, 0.15) is 46.0 Å². The SMILES string of the molecule is CC(C)NCCn1nnnc1SC1CCCCCC1O. The molecule has 0 spiro atoms. The van der Waals surface area contributed by atoms with Gasteiger partial charge in [-0.1, -0.05) is 44.9 Å². The van der Waals surface area contributed by atoms with Crippen molar-refractivity contribution in [1.29, 1.82) is 0 Å². The quantitative estimate of drug-likeness (QED) is 0.775. The molecule has 2 atom stereocenters. The molecule has 1 fully saturated rings. The molecule has 1 saturated carbocycles. The van der Waals surface area contributed by atoms with Crippen molar-refractivity contribution in [2.24, 2.45) is 0 Å². The van der Waals surface area contributed by atoms with Crippen molar-refractivity contribution in [2.75, 3.05) is 6.54 Å². The van der Waals surface area contributed by atoms with Crippen molar-refractivity contribution in [2.45, 2.75) is 75.0 Å². The first-order chi connectivity index (χ1) is 9.66. The van der Waals surface area contributed by atoms with Gasteiger partial charge in [-0.05, 0) is 23.3 Å². The van der Waals surface area contributed by atoms with Crippen molar-refractivity contribution < 1.29 is 5.11 Å². The van der Waals surface area contributed by atoms with Crippen molar-refractivity contribution in [1.82, 2.24) is 25.5 Å². The Kier molecular flexibility index (Phi) is 6.25. The molecule has 1 heterocycles. The van der Waals surface area contributed by atoms with Crippen LogP contribution in [-0.2, 0) is 6.54 Å². The summed E-state index contributed by atoms with van der Waals surface area (Å²) in [4.78, 5) is 0. The van der Waals surface area contributed by atoms with Gasteiger partial charge >= 0.3 is 0 Å². The fourth-order valence-electron chi connectivity index (χ4n) is 2.41. The number of nitrogens with one attached hydrogen (secondary N) is 1. The Balaban J connectivity index is 1.90. The highest BCUT2D eigenvalue weighted by atomic mass is 32.2. The van der Waals surface area contributed by atoms with E-state index in [1.165, 1.54) is 12.8 Å². The second kappa shape index (κ2) is 7.95. The molecule has 2 N–H and O–H groups in total. The number of tetrazole rings is 1. The molecule has 6 nitrogen and oxygen atoms in total. The molecule has 7 heteroatoms. The fourth-order valence-corrected chi connectivity index (χ4v) is 3.59. The van der Waals surface area contributed by atoms with Crippen LogP contribution in [-0.4, -0.2) is 49.3 Å². The van der Waals surface area contributed by atoms with Gasteiger partial charge in [-0.3, -0.25) is 0 Å². The maximum Gasteiger partial charge on any atom is 0.209 e. The second-order valence-corrected chi connectivity index (χ2v) is 6.86. The van der Waals surface area contributed by atoms with E-state index in [-0.39, 0.29) is 11.4 Å². The summed E-state index contributed by atoms with van der Waals surface area (Å²) >= 11 is 1.63. The van der Waals surface area contributed by atoms with Gasteiger partial charge in [-0.15, -0.1) is 5.10 Å². The van der Waals surface area contributed by atoms with Crippen LogP contribution in [0.5, 0.6) is 0 Å². The van der Waals surface area contributed by atoms with Crippen molar-refractivity contribution in [3.8, 4) is 0 Å². The van der Waals surface area contributed by atoms with E-state index < -0.39 is 0 Å². The van der Waals surface area contributed by atoms with Crippen molar-refractivity contribution >= 4 is 11.8 Å². The minimum Gasteiger partial charge on any atom is -0.392 e. The number of hydrogen-bond acceptors (Lipinski definition) is 6. The number of aromatic nitrogens is 4. The Morgan fingerprint density at radius 3 is 2.95 bits per heavy atom. The standard InChI is InChI=1S/C13H25N5OS/c1-10(2)14-8-9-18-13(15-16-17-18)20-12-7-5-3-4-6-11(12)19/h10-12,14,19H,3-9H2,1-2H3. The maximum absolute atomic E-state index is 10.2. The Morgan fingerprint density at radius 2 is 2.15 bits per heavy atom. The van der Waals surface area contributed by atoms with Crippen LogP contribution in [0, 0.1) is 0 Å². The summed E-state index contributed by atoms with van der Waals surface area (Å²) in [5.41, 5.74) is 0. The zero-order valence-corrected chi connectivity index (χ0v) is 13.1. The van der Waals surface area contributed by atoms with Gasteiger partial charge in [0.1, 0.15) is 0 Å². The first-order valence-electron chi connectivity index (χ1n) is 7.51. The molecule has 0 aromatic carbocycles. The number of nitrogens with zero attached hydrogens (tertiary/aromatic N) is 4. The molecule has 2 rings (SSSR count). The third kappa shape index (κ3) is 4.71. The first-order valence-corrected chi connectivity index (χ1v) is 8.39. The molecule has 0 saturated heterocycles. The molecule has 20 heavy (non-hydrogen) atoms. The van der Waals surface area contributed by atoms with Crippen molar-refractivity contribution in [3.63, 3.8) is 0 Å². The Bertz CT molecular complexity index is 398. The number of thioether (sulfide) groups is 1. The van der Waals surface area contributed by atoms with Crippen LogP contribution in [0.2, 0.25) is 0 Å². The zero-order valence-electron chi connectivity index (χ0n) is 12.3. The van der Waals surface area contributed by atoms with E-state index in [1.54, 1.807) is 11.8 Å². The van der Waals surface area contributed by atoms with Gasteiger partial charge < -0.3 is 10.4 Å². The average Bonchev–Trinajstić information content (AvgIpc) is 2.73. The highest BCUT2D eigenvalue weighted by molar-refractivity contribution is 7.99. The minimum absolute atomic E-state index is 0.223. The monoisotopic (exact) mass is 299 g/mol. The van der Waals surface area contributed by atoms with E-state index in [1.807, 2.05) is 4.68 Å². The van der Waals surface area contributed by atoms with Crippen LogP contribution >= 0.6 is 11.8 Å². The predicted octanol–water partition coefficient (Wildman–Crippen LogP) is 1.46. The number of aliphatic hydroxyl groups is 1. The number of hydrogen-bond donors (Lipinski definition) is 2. The molecule has 2 unspecified atom stereocenters. The summed E-state index contributed by atoms with van der Waals surface area (Å²) in [6.07, 6.45) is 5.24. The van der Waals surface area contributed by atoms with E-state index >= 15 is 0 Å². The lowest BCUT2D eigenvalue weighted by molar-refractivity contribution is 0.163. The van der Waals surface area contributed by atoms with Gasteiger partial charge in [-0.25, -0.2) is 4.68 Å². The summed E-state index contributed by atoms with van der Waals surface area (Å²) in [6, 6.07) is 0.464. The van der Waals surface area contributed by atoms with E-state index in [0.29, 0.717) is 6.04 Å². The van der Waals surface area contributed by atoms with Gasteiger partial charge in [0.2, 0.25) is 5.16 Å². The van der Waals surface area contributed by atoms with Gasteiger partial charge in [0.25, 0.3) is 0 Å². The van der Waals surface area contributed by atoms with E-state index in [2.05, 4.69) is 34.7 Å². The summed E-state index contributed by atoms with van der Waals surface area (Å²) in [7, 11) is 0. The van der Waals surface area contributed by atoms with Gasteiger partial charge in [-0.2, -0.15) is 0 Å². The number of aliphatic hydroxyl groups excluding tert-OH is 1. The minimum atomic E-state index is -0.235. The number of rotatable bonds is 6. The Labute approximate surface area is 124 Å². The van der Waals surface area contributed by atoms with Crippen LogP contribution < -0.4 is 5.32 Å². The molecule has 1 aliphatic rings. The highest BCUT2D eigenvalue weighted by Gasteiger charge is 2.24.